The molecule has 4 N–H and O–H groups in total. The lowest BCUT2D eigenvalue weighted by Crippen LogP contribution is -2.41. The first-order valence-electron chi connectivity index (χ1n) is 12.1. The van der Waals surface area contributed by atoms with Crippen LogP contribution in [0, 0.1) is 0 Å². The predicted octanol–water partition coefficient (Wildman–Crippen LogP) is 6.16. The van der Waals surface area contributed by atoms with Crippen LogP contribution in [-0.4, -0.2) is 49.7 Å². The Morgan fingerprint density at radius 2 is 1.86 bits per heavy atom. The highest BCUT2D eigenvalue weighted by Gasteiger charge is 2.34. The number of rotatable bonds is 5. The number of halogens is 4. The Morgan fingerprint density at radius 3 is 2.51 bits per heavy atom. The summed E-state index contributed by atoms with van der Waals surface area (Å²) in [4.78, 5) is 6.26. The number of piperidine rings is 1. The van der Waals surface area contributed by atoms with Crippen LogP contribution in [0.25, 0.3) is 0 Å². The molecule has 5 nitrogen and oxygen atoms in total. The Labute approximate surface area is 215 Å². The molecule has 2 fully saturated rings. The van der Waals surface area contributed by atoms with Crippen LogP contribution in [-0.2, 0) is 6.18 Å². The third-order valence-corrected chi connectivity index (χ3v) is 8.25. The highest BCUT2D eigenvalue weighted by molar-refractivity contribution is 7.99. The van der Waals surface area contributed by atoms with E-state index < -0.39 is 11.7 Å². The van der Waals surface area contributed by atoms with Crippen LogP contribution in [0.1, 0.15) is 38.2 Å². The summed E-state index contributed by atoms with van der Waals surface area (Å²) in [7, 11) is 0. The summed E-state index contributed by atoms with van der Waals surface area (Å²) in [6.07, 6.45) is -0.302. The van der Waals surface area contributed by atoms with E-state index in [2.05, 4.69) is 45.6 Å². The van der Waals surface area contributed by atoms with Gasteiger partial charge in [0.25, 0.3) is 0 Å². The normalized spacial score (nSPS) is 20.6. The van der Waals surface area contributed by atoms with Crippen LogP contribution in [0.5, 0.6) is 0 Å². The zero-order chi connectivity index (χ0) is 23.9. The molecule has 0 saturated carbocycles. The number of benzene rings is 2. The molecule has 2 saturated heterocycles. The van der Waals surface area contributed by atoms with Gasteiger partial charge in [-0.2, -0.15) is 13.2 Å². The molecule has 0 amide bonds. The molecule has 2 aromatic carbocycles. The Hall–Kier alpha value is -1.81. The van der Waals surface area contributed by atoms with Crippen molar-refractivity contribution in [3.05, 3.63) is 35.9 Å². The molecular weight excluding hydrogens is 495 g/mol. The van der Waals surface area contributed by atoms with E-state index in [0.29, 0.717) is 23.2 Å². The van der Waals surface area contributed by atoms with Crippen LogP contribution in [0.3, 0.4) is 0 Å². The Kier molecular flexibility index (Phi) is 8.00. The first-order chi connectivity index (χ1) is 16.3. The molecule has 0 spiro atoms. The minimum absolute atomic E-state index is 0. The second-order valence-corrected chi connectivity index (χ2v) is 10.6. The number of nitrogens with two attached hydrogens (primary N) is 1. The van der Waals surface area contributed by atoms with Gasteiger partial charge in [0, 0.05) is 60.3 Å². The third kappa shape index (κ3) is 5.63. The molecule has 1 unspecified atom stereocenters. The van der Waals surface area contributed by atoms with Crippen molar-refractivity contribution in [2.24, 2.45) is 5.73 Å². The zero-order valence-electron chi connectivity index (χ0n) is 19.8. The van der Waals surface area contributed by atoms with Gasteiger partial charge < -0.3 is 26.2 Å². The van der Waals surface area contributed by atoms with Crippen molar-refractivity contribution in [2.45, 2.75) is 60.7 Å². The van der Waals surface area contributed by atoms with Crippen molar-refractivity contribution in [2.75, 3.05) is 48.3 Å². The standard InChI is InChI=1S/C25H32F3N5S.ClH/c1-16-3-2-9-33(16)19-4-5-20-22(15-19)34-23-14-17(25(26,27)28)13-21(24(23)31-20)30-18-6-10-32(11-7-18)12-8-29;/h4-5,13-16,18,30-31H,2-3,6-12,29H2,1H3;1H. The van der Waals surface area contributed by atoms with Crippen LogP contribution in [0.4, 0.5) is 35.9 Å². The molecule has 0 aromatic heterocycles. The quantitative estimate of drug-likeness (QED) is 0.369. The predicted molar refractivity (Wildman–Crippen MR) is 141 cm³/mol. The van der Waals surface area contributed by atoms with Crippen molar-refractivity contribution < 1.29 is 13.2 Å². The van der Waals surface area contributed by atoms with Crippen molar-refractivity contribution in [3.63, 3.8) is 0 Å². The summed E-state index contributed by atoms with van der Waals surface area (Å²) in [5, 5.41) is 6.87. The highest BCUT2D eigenvalue weighted by Crippen LogP contribution is 2.50. The average Bonchev–Trinajstić information content (AvgIpc) is 3.24. The molecule has 35 heavy (non-hydrogen) atoms. The second-order valence-electron chi connectivity index (χ2n) is 9.54. The molecule has 192 valence electrons. The van der Waals surface area contributed by atoms with Gasteiger partial charge in [0.1, 0.15) is 0 Å². The summed E-state index contributed by atoms with van der Waals surface area (Å²) in [5.74, 6) is 0. The van der Waals surface area contributed by atoms with E-state index >= 15 is 0 Å². The van der Waals surface area contributed by atoms with Crippen LogP contribution in [0.15, 0.2) is 40.1 Å². The number of alkyl halides is 3. The van der Waals surface area contributed by atoms with E-state index in [9.17, 15) is 13.2 Å². The van der Waals surface area contributed by atoms with Crippen molar-refractivity contribution in [3.8, 4) is 0 Å². The number of hydrogen-bond donors (Lipinski definition) is 3. The Balaban J connectivity index is 0.00000289. The minimum Gasteiger partial charge on any atom is -0.380 e. The van der Waals surface area contributed by atoms with E-state index in [1.165, 1.54) is 36.7 Å². The maximum absolute atomic E-state index is 13.8. The molecule has 1 atom stereocenters. The topological polar surface area (TPSA) is 56.6 Å². The van der Waals surface area contributed by atoms with E-state index in [1.807, 2.05) is 0 Å². The van der Waals surface area contributed by atoms with Crippen LogP contribution < -0.4 is 21.3 Å². The van der Waals surface area contributed by atoms with E-state index in [0.717, 1.165) is 61.0 Å². The smallest absolute Gasteiger partial charge is 0.380 e. The van der Waals surface area contributed by atoms with Crippen molar-refractivity contribution in [1.82, 2.24) is 4.90 Å². The molecule has 3 heterocycles. The lowest BCUT2D eigenvalue weighted by Gasteiger charge is -2.34. The highest BCUT2D eigenvalue weighted by atomic mass is 35.5. The van der Waals surface area contributed by atoms with Gasteiger partial charge in [-0.25, -0.2) is 0 Å². The van der Waals surface area contributed by atoms with Gasteiger partial charge in [-0.15, -0.1) is 12.4 Å². The minimum atomic E-state index is -4.40. The largest absolute Gasteiger partial charge is 0.416 e. The lowest BCUT2D eigenvalue weighted by atomic mass is 10.0. The van der Waals surface area contributed by atoms with Gasteiger partial charge in [0.15, 0.2) is 0 Å². The molecule has 3 aliphatic rings. The van der Waals surface area contributed by atoms with Crippen LogP contribution in [0.2, 0.25) is 0 Å². The van der Waals surface area contributed by atoms with Gasteiger partial charge in [-0.1, -0.05) is 11.8 Å². The maximum Gasteiger partial charge on any atom is 0.416 e. The fraction of sp³-hybridized carbons (Fsp3) is 0.520. The Bertz CT molecular complexity index is 1040. The molecular formula is C25H33ClF3N5S. The summed E-state index contributed by atoms with van der Waals surface area (Å²) in [5.41, 5.74) is 8.38. The van der Waals surface area contributed by atoms with Crippen molar-refractivity contribution in [1.29, 1.82) is 0 Å². The lowest BCUT2D eigenvalue weighted by molar-refractivity contribution is -0.137. The van der Waals surface area contributed by atoms with E-state index in [4.69, 9.17) is 5.73 Å². The molecule has 0 aliphatic carbocycles. The molecule has 5 rings (SSSR count). The zero-order valence-corrected chi connectivity index (χ0v) is 21.5. The molecule has 0 radical (unpaired) electrons. The summed E-state index contributed by atoms with van der Waals surface area (Å²) >= 11 is 1.42. The first kappa shape index (κ1) is 26.3. The van der Waals surface area contributed by atoms with Gasteiger partial charge >= 0.3 is 6.18 Å². The first-order valence-corrected chi connectivity index (χ1v) is 12.9. The second kappa shape index (κ2) is 10.7. The summed E-state index contributed by atoms with van der Waals surface area (Å²) < 4.78 is 41.3. The number of hydrogen-bond acceptors (Lipinski definition) is 6. The fourth-order valence-electron chi connectivity index (χ4n) is 5.25. The molecule has 10 heteroatoms. The van der Waals surface area contributed by atoms with Gasteiger partial charge in [0.05, 0.1) is 22.6 Å². The molecule has 2 aromatic rings. The summed E-state index contributed by atoms with van der Waals surface area (Å²) in [6, 6.07) is 9.42. The van der Waals surface area contributed by atoms with Gasteiger partial charge in [-0.05, 0) is 62.9 Å². The fourth-order valence-corrected chi connectivity index (χ4v) is 6.35. The summed E-state index contributed by atoms with van der Waals surface area (Å²) in [6.45, 7) is 6.53. The number of fused-ring (bicyclic) bond motifs is 2. The van der Waals surface area contributed by atoms with Crippen molar-refractivity contribution >= 4 is 46.9 Å². The Morgan fingerprint density at radius 1 is 1.09 bits per heavy atom. The molecule has 0 bridgehead atoms. The van der Waals surface area contributed by atoms with Gasteiger partial charge in [-0.3, -0.25) is 0 Å². The number of anilines is 4. The number of nitrogens with one attached hydrogen (secondary N) is 2. The van der Waals surface area contributed by atoms with E-state index in [-0.39, 0.29) is 18.4 Å². The number of likely N-dealkylation sites (tertiary alicyclic amines) is 1. The maximum atomic E-state index is 13.8. The van der Waals surface area contributed by atoms with Gasteiger partial charge in [0.2, 0.25) is 0 Å². The van der Waals surface area contributed by atoms with Crippen LogP contribution >= 0.6 is 24.2 Å². The third-order valence-electron chi connectivity index (χ3n) is 7.15. The van der Waals surface area contributed by atoms with E-state index in [1.54, 1.807) is 0 Å². The monoisotopic (exact) mass is 527 g/mol. The molecule has 3 aliphatic heterocycles. The SMILES string of the molecule is CC1CCCN1c1ccc2c(c1)Sc1cc(C(F)(F)F)cc(NC3CCN(CCN)CC3)c1N2.Cl. The number of nitrogens with zero attached hydrogens (tertiary/aromatic N) is 2. The average molecular weight is 528 g/mol.